The predicted octanol–water partition coefficient (Wildman–Crippen LogP) is 2.69. The zero-order chi connectivity index (χ0) is 15.2. The largest absolute Gasteiger partial charge is 0.384 e. The predicted molar refractivity (Wildman–Crippen MR) is 87.6 cm³/mol. The average Bonchev–Trinajstić information content (AvgIpc) is 2.42. The molecule has 1 rings (SSSR count). The fraction of sp³-hybridized carbons (Fsp3) is 0.600. The molecule has 5 heteroatoms. The molecule has 0 unspecified atom stereocenters. The Hall–Kier alpha value is -1.23. The molecule has 1 aromatic rings. The van der Waals surface area contributed by atoms with Gasteiger partial charge in [0.15, 0.2) is 9.84 Å². The fourth-order valence-corrected chi connectivity index (χ4v) is 2.82. The van der Waals surface area contributed by atoms with Gasteiger partial charge in [-0.15, -0.1) is 0 Å². The van der Waals surface area contributed by atoms with E-state index in [1.54, 1.807) is 6.92 Å². The summed E-state index contributed by atoms with van der Waals surface area (Å²) in [6.45, 7) is 10.4. The highest BCUT2D eigenvalue weighted by Gasteiger charge is 2.08. The van der Waals surface area contributed by atoms with Crippen molar-refractivity contribution < 1.29 is 8.42 Å². The van der Waals surface area contributed by atoms with Crippen LogP contribution in [0.1, 0.15) is 26.3 Å². The molecule has 0 saturated carbocycles. The maximum absolute atomic E-state index is 11.4. The second-order valence-electron chi connectivity index (χ2n) is 4.83. The van der Waals surface area contributed by atoms with Crippen LogP contribution in [0.5, 0.6) is 0 Å². The minimum Gasteiger partial charge on any atom is -0.384 e. The van der Waals surface area contributed by atoms with Crippen molar-refractivity contribution in [2.75, 3.05) is 41.4 Å². The van der Waals surface area contributed by atoms with Gasteiger partial charge in [0.2, 0.25) is 0 Å². The van der Waals surface area contributed by atoms with Crippen LogP contribution in [0.4, 0.5) is 11.4 Å². The number of nitrogens with zero attached hydrogens (tertiary/aromatic N) is 1. The van der Waals surface area contributed by atoms with E-state index in [4.69, 9.17) is 0 Å². The van der Waals surface area contributed by atoms with E-state index in [0.717, 1.165) is 24.3 Å². The third-order valence-corrected chi connectivity index (χ3v) is 5.21. The van der Waals surface area contributed by atoms with Gasteiger partial charge in [0.25, 0.3) is 0 Å². The standard InChI is InChI=1S/C15H26N2O2S/c1-5-17(6-2)14-8-9-15(13(4)12-14)16-10-11-20(18,19)7-3/h8-9,12,16H,5-7,10-11H2,1-4H3. The number of rotatable bonds is 8. The number of nitrogens with one attached hydrogen (secondary N) is 1. The van der Waals surface area contributed by atoms with E-state index in [9.17, 15) is 8.42 Å². The first-order chi connectivity index (χ1) is 9.43. The van der Waals surface area contributed by atoms with Gasteiger partial charge in [-0.1, -0.05) is 6.92 Å². The summed E-state index contributed by atoms with van der Waals surface area (Å²) in [7, 11) is -2.90. The fourth-order valence-electron chi connectivity index (χ4n) is 2.12. The lowest BCUT2D eigenvalue weighted by atomic mass is 10.1. The second kappa shape index (κ2) is 7.53. The van der Waals surface area contributed by atoms with Gasteiger partial charge in [-0.25, -0.2) is 8.42 Å². The Morgan fingerprint density at radius 1 is 1.15 bits per heavy atom. The molecule has 114 valence electrons. The maximum atomic E-state index is 11.4. The van der Waals surface area contributed by atoms with Gasteiger partial charge < -0.3 is 10.2 Å². The Labute approximate surface area is 123 Å². The van der Waals surface area contributed by atoms with Crippen molar-refractivity contribution >= 4 is 21.2 Å². The van der Waals surface area contributed by atoms with Crippen molar-refractivity contribution in [2.24, 2.45) is 0 Å². The van der Waals surface area contributed by atoms with Crippen LogP contribution in [-0.4, -0.2) is 39.6 Å². The SMILES string of the molecule is CCN(CC)c1ccc(NCCS(=O)(=O)CC)c(C)c1. The lowest BCUT2D eigenvalue weighted by Crippen LogP contribution is -2.22. The maximum Gasteiger partial charge on any atom is 0.151 e. The van der Waals surface area contributed by atoms with Crippen LogP contribution in [0.3, 0.4) is 0 Å². The average molecular weight is 298 g/mol. The molecule has 0 radical (unpaired) electrons. The van der Waals surface area contributed by atoms with Gasteiger partial charge in [0.1, 0.15) is 0 Å². The highest BCUT2D eigenvalue weighted by atomic mass is 32.2. The van der Waals surface area contributed by atoms with Gasteiger partial charge in [-0.3, -0.25) is 0 Å². The van der Waals surface area contributed by atoms with E-state index in [1.807, 2.05) is 13.0 Å². The van der Waals surface area contributed by atoms with Gasteiger partial charge in [-0.05, 0) is 44.5 Å². The van der Waals surface area contributed by atoms with Crippen molar-refractivity contribution in [1.82, 2.24) is 0 Å². The van der Waals surface area contributed by atoms with E-state index in [1.165, 1.54) is 5.69 Å². The molecule has 1 N–H and O–H groups in total. The van der Waals surface area contributed by atoms with Crippen molar-refractivity contribution in [3.05, 3.63) is 23.8 Å². The molecule has 0 bridgehead atoms. The molecule has 0 aliphatic carbocycles. The molecule has 0 atom stereocenters. The zero-order valence-electron chi connectivity index (χ0n) is 12.9. The second-order valence-corrected chi connectivity index (χ2v) is 7.31. The smallest absolute Gasteiger partial charge is 0.151 e. The van der Waals surface area contributed by atoms with Crippen LogP contribution in [0.25, 0.3) is 0 Å². The van der Waals surface area contributed by atoms with Gasteiger partial charge in [-0.2, -0.15) is 0 Å². The van der Waals surface area contributed by atoms with E-state index in [0.29, 0.717) is 6.54 Å². The van der Waals surface area contributed by atoms with Crippen molar-refractivity contribution in [1.29, 1.82) is 0 Å². The zero-order valence-corrected chi connectivity index (χ0v) is 13.8. The van der Waals surface area contributed by atoms with Crippen LogP contribution in [-0.2, 0) is 9.84 Å². The first kappa shape index (κ1) is 16.8. The van der Waals surface area contributed by atoms with E-state index < -0.39 is 9.84 Å². The minimum atomic E-state index is -2.90. The molecule has 4 nitrogen and oxygen atoms in total. The molecule has 0 heterocycles. The first-order valence-corrected chi connectivity index (χ1v) is 9.05. The molecule has 0 amide bonds. The van der Waals surface area contributed by atoms with Crippen LogP contribution in [0.2, 0.25) is 0 Å². The molecule has 0 spiro atoms. The summed E-state index contributed by atoms with van der Waals surface area (Å²) in [5.74, 6) is 0.384. The lowest BCUT2D eigenvalue weighted by molar-refractivity contribution is 0.597. The summed E-state index contributed by atoms with van der Waals surface area (Å²) in [6, 6.07) is 6.25. The van der Waals surface area contributed by atoms with E-state index in [2.05, 4.69) is 36.2 Å². The summed E-state index contributed by atoms with van der Waals surface area (Å²) < 4.78 is 22.9. The molecule has 0 fully saturated rings. The number of anilines is 2. The Balaban J connectivity index is 2.69. The van der Waals surface area contributed by atoms with Crippen LogP contribution in [0.15, 0.2) is 18.2 Å². The molecule has 0 aliphatic heterocycles. The number of aryl methyl sites for hydroxylation is 1. The molecule has 0 saturated heterocycles. The number of sulfone groups is 1. The van der Waals surface area contributed by atoms with Crippen molar-refractivity contribution in [3.8, 4) is 0 Å². The Morgan fingerprint density at radius 2 is 1.80 bits per heavy atom. The highest BCUT2D eigenvalue weighted by Crippen LogP contribution is 2.22. The van der Waals surface area contributed by atoms with E-state index in [-0.39, 0.29) is 11.5 Å². The normalized spacial score (nSPS) is 11.4. The quantitative estimate of drug-likeness (QED) is 0.801. The molecular weight excluding hydrogens is 272 g/mol. The summed E-state index contributed by atoms with van der Waals surface area (Å²) in [6.07, 6.45) is 0. The molecular formula is C15H26N2O2S. The third kappa shape index (κ3) is 4.71. The highest BCUT2D eigenvalue weighted by molar-refractivity contribution is 7.91. The third-order valence-electron chi connectivity index (χ3n) is 3.51. The number of benzene rings is 1. The first-order valence-electron chi connectivity index (χ1n) is 7.23. The summed E-state index contributed by atoms with van der Waals surface area (Å²) in [4.78, 5) is 2.29. The molecule has 0 aromatic heterocycles. The van der Waals surface area contributed by atoms with Crippen LogP contribution in [0, 0.1) is 6.92 Å². The monoisotopic (exact) mass is 298 g/mol. The van der Waals surface area contributed by atoms with Crippen LogP contribution >= 0.6 is 0 Å². The Morgan fingerprint density at radius 3 is 2.30 bits per heavy atom. The van der Waals surface area contributed by atoms with Crippen molar-refractivity contribution in [3.63, 3.8) is 0 Å². The molecule has 20 heavy (non-hydrogen) atoms. The van der Waals surface area contributed by atoms with Gasteiger partial charge >= 0.3 is 0 Å². The molecule has 1 aromatic carbocycles. The van der Waals surface area contributed by atoms with E-state index >= 15 is 0 Å². The van der Waals surface area contributed by atoms with Gasteiger partial charge in [0.05, 0.1) is 5.75 Å². The summed E-state index contributed by atoms with van der Waals surface area (Å²) in [5.41, 5.74) is 3.36. The molecule has 0 aliphatic rings. The number of hydrogen-bond acceptors (Lipinski definition) is 4. The Kier molecular flexibility index (Phi) is 6.33. The summed E-state index contributed by atoms with van der Waals surface area (Å²) >= 11 is 0. The lowest BCUT2D eigenvalue weighted by Gasteiger charge is -2.22. The summed E-state index contributed by atoms with van der Waals surface area (Å²) in [5, 5.41) is 3.21. The number of hydrogen-bond donors (Lipinski definition) is 1. The van der Waals surface area contributed by atoms with Crippen LogP contribution < -0.4 is 10.2 Å². The Bertz CT molecular complexity index is 523. The minimum absolute atomic E-state index is 0.181. The topological polar surface area (TPSA) is 49.4 Å². The van der Waals surface area contributed by atoms with Crippen molar-refractivity contribution in [2.45, 2.75) is 27.7 Å². The van der Waals surface area contributed by atoms with Gasteiger partial charge in [0, 0.05) is 36.8 Å².